The van der Waals surface area contributed by atoms with E-state index in [2.05, 4.69) is 16.0 Å². The highest BCUT2D eigenvalue weighted by Gasteiger charge is 2.42. The summed E-state index contributed by atoms with van der Waals surface area (Å²) in [5, 5.41) is 26.5. The van der Waals surface area contributed by atoms with Crippen LogP contribution in [0.25, 0.3) is 0 Å². The van der Waals surface area contributed by atoms with Gasteiger partial charge in [0.2, 0.25) is 0 Å². The second-order valence-corrected chi connectivity index (χ2v) is 6.12. The van der Waals surface area contributed by atoms with Crippen molar-refractivity contribution < 1.29 is 33.7 Å². The number of halogens is 1. The van der Waals surface area contributed by atoms with Crippen molar-refractivity contribution in [3.8, 4) is 0 Å². The van der Waals surface area contributed by atoms with Gasteiger partial charge in [0, 0.05) is 12.6 Å². The van der Waals surface area contributed by atoms with Gasteiger partial charge >= 0.3 is 18.0 Å². The molecule has 1 heterocycles. The number of carboxylic acid groups (broad SMARTS) is 2. The molecule has 10 nitrogen and oxygen atoms in total. The first kappa shape index (κ1) is 22.4. The van der Waals surface area contributed by atoms with Crippen molar-refractivity contribution in [1.29, 1.82) is 0 Å². The number of dihydropyridines is 1. The van der Waals surface area contributed by atoms with Crippen molar-refractivity contribution in [1.82, 2.24) is 16.0 Å². The Balaban J connectivity index is 2.34. The Morgan fingerprint density at radius 2 is 1.90 bits per heavy atom. The molecular formula is C19H21FN4O6. The first-order valence-corrected chi connectivity index (χ1v) is 8.75. The van der Waals surface area contributed by atoms with Crippen molar-refractivity contribution in [2.75, 3.05) is 6.61 Å². The Bertz CT molecular complexity index is 925. The van der Waals surface area contributed by atoms with E-state index in [4.69, 9.17) is 15.6 Å². The number of amides is 1. The number of allylic oxidation sites excluding steroid dienone is 2. The summed E-state index contributed by atoms with van der Waals surface area (Å²) in [6.07, 6.45) is 2.32. The minimum absolute atomic E-state index is 0.0567. The average molecular weight is 420 g/mol. The third-order valence-corrected chi connectivity index (χ3v) is 4.00. The SMILES string of the molecule is CCOC(=O)NC1=CC=C(NCc2ccc(F)cc2)NC1(N)/C(=C/C(=O)O)C(=O)O. The summed E-state index contributed by atoms with van der Waals surface area (Å²) >= 11 is 0. The van der Waals surface area contributed by atoms with E-state index in [9.17, 15) is 23.9 Å². The van der Waals surface area contributed by atoms with E-state index in [1.807, 2.05) is 0 Å². The van der Waals surface area contributed by atoms with E-state index in [0.29, 0.717) is 6.08 Å². The van der Waals surface area contributed by atoms with Gasteiger partial charge in [-0.15, -0.1) is 0 Å². The van der Waals surface area contributed by atoms with Crippen LogP contribution < -0.4 is 21.7 Å². The molecule has 0 fully saturated rings. The number of carbonyl (C=O) groups excluding carboxylic acids is 1. The second-order valence-electron chi connectivity index (χ2n) is 6.12. The van der Waals surface area contributed by atoms with Crippen molar-refractivity contribution in [2.45, 2.75) is 19.1 Å². The number of hydrogen-bond donors (Lipinski definition) is 6. The number of ether oxygens (including phenoxy) is 1. The highest BCUT2D eigenvalue weighted by Crippen LogP contribution is 2.24. The lowest BCUT2D eigenvalue weighted by atomic mass is 9.93. The van der Waals surface area contributed by atoms with E-state index < -0.39 is 35.1 Å². The highest BCUT2D eigenvalue weighted by molar-refractivity contribution is 5.97. The molecule has 1 aromatic carbocycles. The van der Waals surface area contributed by atoms with Gasteiger partial charge in [-0.05, 0) is 36.8 Å². The number of nitrogens with one attached hydrogen (secondary N) is 3. The van der Waals surface area contributed by atoms with Gasteiger partial charge in [-0.2, -0.15) is 0 Å². The molecule has 1 atom stereocenters. The standard InChI is InChI=1S/C19H21FN4O6/c1-2-30-18(29)23-14-7-8-15(22-10-11-3-5-12(20)6-4-11)24-19(14,21)13(17(27)28)9-16(25)26/h3-9,22,24H,2,10,21H2,1H3,(H,23,29)(H,25,26)(H,27,28)/b13-9+. The van der Waals surface area contributed by atoms with E-state index in [0.717, 1.165) is 5.56 Å². The summed E-state index contributed by atoms with van der Waals surface area (Å²) in [7, 11) is 0. The lowest BCUT2D eigenvalue weighted by Crippen LogP contribution is -2.63. The molecule has 1 aliphatic rings. The predicted molar refractivity (Wildman–Crippen MR) is 103 cm³/mol. The lowest BCUT2D eigenvalue weighted by Gasteiger charge is -2.37. The van der Waals surface area contributed by atoms with Gasteiger partial charge in [0.05, 0.1) is 17.9 Å². The zero-order valence-electron chi connectivity index (χ0n) is 15.9. The number of rotatable bonds is 8. The molecule has 11 heteroatoms. The monoisotopic (exact) mass is 420 g/mol. The van der Waals surface area contributed by atoms with E-state index >= 15 is 0 Å². The van der Waals surface area contributed by atoms with Crippen molar-refractivity contribution >= 4 is 18.0 Å². The van der Waals surface area contributed by atoms with E-state index in [1.165, 1.54) is 24.3 Å². The number of carboxylic acids is 2. The molecule has 30 heavy (non-hydrogen) atoms. The molecule has 1 unspecified atom stereocenters. The van der Waals surface area contributed by atoms with Gasteiger partial charge in [-0.25, -0.2) is 18.8 Å². The van der Waals surface area contributed by atoms with Crippen molar-refractivity contribution in [2.24, 2.45) is 5.73 Å². The smallest absolute Gasteiger partial charge is 0.411 e. The van der Waals surface area contributed by atoms with Crippen LogP contribution in [0.4, 0.5) is 9.18 Å². The normalized spacial score (nSPS) is 18.4. The zero-order valence-corrected chi connectivity index (χ0v) is 15.9. The number of alkyl carbamates (subject to hydrolysis) is 1. The van der Waals surface area contributed by atoms with Gasteiger partial charge in [-0.3, -0.25) is 11.1 Å². The third kappa shape index (κ3) is 5.58. The van der Waals surface area contributed by atoms with Gasteiger partial charge in [-0.1, -0.05) is 12.1 Å². The van der Waals surface area contributed by atoms with Crippen LogP contribution in [-0.2, 0) is 20.9 Å². The van der Waals surface area contributed by atoms with Gasteiger partial charge in [0.1, 0.15) is 11.6 Å². The van der Waals surface area contributed by atoms with Crippen LogP contribution in [0.15, 0.2) is 59.6 Å². The van der Waals surface area contributed by atoms with Crippen LogP contribution in [0.5, 0.6) is 0 Å². The van der Waals surface area contributed by atoms with Crippen molar-refractivity contribution in [3.63, 3.8) is 0 Å². The number of nitrogens with two attached hydrogens (primary N) is 1. The molecule has 160 valence electrons. The Kier molecular flexibility index (Phi) is 7.15. The Morgan fingerprint density at radius 3 is 2.47 bits per heavy atom. The number of benzene rings is 1. The lowest BCUT2D eigenvalue weighted by molar-refractivity contribution is -0.135. The fourth-order valence-electron chi connectivity index (χ4n) is 2.62. The fraction of sp³-hybridized carbons (Fsp3) is 0.211. The topological polar surface area (TPSA) is 163 Å². The first-order valence-electron chi connectivity index (χ1n) is 8.75. The maximum atomic E-state index is 13.0. The van der Waals surface area contributed by atoms with Crippen LogP contribution in [-0.4, -0.2) is 40.5 Å². The zero-order chi connectivity index (χ0) is 22.3. The van der Waals surface area contributed by atoms with E-state index in [-0.39, 0.29) is 24.7 Å². The van der Waals surface area contributed by atoms with Crippen molar-refractivity contribution in [3.05, 3.63) is 71.0 Å². The summed E-state index contributed by atoms with van der Waals surface area (Å²) < 4.78 is 17.8. The maximum Gasteiger partial charge on any atom is 0.411 e. The number of carbonyl (C=O) groups is 3. The molecule has 1 aliphatic heterocycles. The molecular weight excluding hydrogens is 399 g/mol. The molecule has 0 aromatic heterocycles. The van der Waals surface area contributed by atoms with Gasteiger partial charge in [0.15, 0.2) is 5.66 Å². The molecule has 7 N–H and O–H groups in total. The number of aliphatic carboxylic acids is 2. The fourth-order valence-corrected chi connectivity index (χ4v) is 2.62. The quantitative estimate of drug-likeness (QED) is 0.333. The molecule has 0 saturated carbocycles. The molecule has 0 bridgehead atoms. The predicted octanol–water partition coefficient (Wildman–Crippen LogP) is 0.741. The molecule has 0 aliphatic carbocycles. The summed E-state index contributed by atoms with van der Waals surface area (Å²) in [4.78, 5) is 34.7. The third-order valence-electron chi connectivity index (χ3n) is 4.00. The Hall–Kier alpha value is -3.86. The number of hydrogen-bond acceptors (Lipinski definition) is 7. The van der Waals surface area contributed by atoms with Crippen LogP contribution in [0.3, 0.4) is 0 Å². The molecule has 0 spiro atoms. The Labute approximate surface area is 170 Å². The molecule has 2 rings (SSSR count). The van der Waals surface area contributed by atoms with Crippen LogP contribution >= 0.6 is 0 Å². The minimum atomic E-state index is -2.10. The Morgan fingerprint density at radius 1 is 1.23 bits per heavy atom. The molecule has 0 radical (unpaired) electrons. The van der Waals surface area contributed by atoms with Gasteiger partial charge in [0.25, 0.3) is 0 Å². The molecule has 1 aromatic rings. The van der Waals surface area contributed by atoms with E-state index in [1.54, 1.807) is 19.1 Å². The second kappa shape index (κ2) is 9.56. The molecule has 1 amide bonds. The summed E-state index contributed by atoms with van der Waals surface area (Å²) in [6, 6.07) is 5.68. The van der Waals surface area contributed by atoms with Crippen LogP contribution in [0, 0.1) is 5.82 Å². The summed E-state index contributed by atoms with van der Waals surface area (Å²) in [6.45, 7) is 1.86. The summed E-state index contributed by atoms with van der Waals surface area (Å²) in [5.74, 6) is -3.29. The average Bonchev–Trinajstić information content (AvgIpc) is 2.67. The summed E-state index contributed by atoms with van der Waals surface area (Å²) in [5.41, 5.74) is 3.99. The molecule has 0 saturated heterocycles. The largest absolute Gasteiger partial charge is 0.478 e. The minimum Gasteiger partial charge on any atom is -0.478 e. The van der Waals surface area contributed by atoms with Gasteiger partial charge < -0.3 is 25.6 Å². The first-order chi connectivity index (χ1) is 14.2. The van der Waals surface area contributed by atoms with Crippen LogP contribution in [0.1, 0.15) is 12.5 Å². The van der Waals surface area contributed by atoms with Crippen LogP contribution in [0.2, 0.25) is 0 Å². The highest BCUT2D eigenvalue weighted by atomic mass is 19.1. The maximum absolute atomic E-state index is 13.0.